The Labute approximate surface area is 123 Å². The van der Waals surface area contributed by atoms with Crippen molar-refractivity contribution in [2.75, 3.05) is 7.11 Å². The van der Waals surface area contributed by atoms with Gasteiger partial charge in [-0.2, -0.15) is 0 Å². The van der Waals surface area contributed by atoms with Crippen molar-refractivity contribution >= 4 is 0 Å². The lowest BCUT2D eigenvalue weighted by Crippen LogP contribution is -2.43. The minimum atomic E-state index is 0.385. The molecule has 1 saturated carbocycles. The maximum Gasteiger partial charge on any atom is 0.212 e. The minimum Gasteiger partial charge on any atom is -0.481 e. The van der Waals surface area contributed by atoms with Crippen LogP contribution in [0.2, 0.25) is 0 Å². The van der Waals surface area contributed by atoms with Crippen LogP contribution in [-0.2, 0) is 6.54 Å². The molecule has 3 heteroatoms. The van der Waals surface area contributed by atoms with Gasteiger partial charge in [-0.05, 0) is 29.7 Å². The van der Waals surface area contributed by atoms with Gasteiger partial charge in [-0.25, -0.2) is 4.98 Å². The van der Waals surface area contributed by atoms with Crippen LogP contribution in [0.1, 0.15) is 52.0 Å². The van der Waals surface area contributed by atoms with Crippen LogP contribution in [0, 0.1) is 11.3 Å². The van der Waals surface area contributed by atoms with Crippen LogP contribution >= 0.6 is 0 Å². The third kappa shape index (κ3) is 3.95. The van der Waals surface area contributed by atoms with E-state index in [9.17, 15) is 0 Å². The van der Waals surface area contributed by atoms with E-state index in [1.54, 1.807) is 7.11 Å². The summed E-state index contributed by atoms with van der Waals surface area (Å²) in [7, 11) is 1.65. The number of nitrogens with one attached hydrogen (secondary N) is 1. The second-order valence-corrected chi connectivity index (χ2v) is 6.95. The molecular weight excluding hydrogens is 248 g/mol. The Kier molecular flexibility index (Phi) is 5.03. The third-order valence-electron chi connectivity index (χ3n) is 4.45. The number of hydrogen-bond donors (Lipinski definition) is 1. The summed E-state index contributed by atoms with van der Waals surface area (Å²) in [6.07, 6.45) is 7.28. The smallest absolute Gasteiger partial charge is 0.212 e. The molecule has 0 spiro atoms. The molecule has 0 aromatic carbocycles. The van der Waals surface area contributed by atoms with E-state index < -0.39 is 0 Å². The number of ether oxygens (including phenoxy) is 1. The molecule has 1 aliphatic carbocycles. The Hall–Kier alpha value is -1.09. The lowest BCUT2D eigenvalue weighted by Gasteiger charge is -2.41. The first-order valence-electron chi connectivity index (χ1n) is 7.73. The van der Waals surface area contributed by atoms with Crippen molar-refractivity contribution in [3.05, 3.63) is 23.9 Å². The largest absolute Gasteiger partial charge is 0.481 e. The normalized spacial score (nSPS) is 23.6. The molecule has 1 fully saturated rings. The maximum absolute atomic E-state index is 5.09. The molecule has 2 rings (SSSR count). The summed E-state index contributed by atoms with van der Waals surface area (Å²) in [5.74, 6) is 1.45. The predicted molar refractivity (Wildman–Crippen MR) is 82.8 cm³/mol. The monoisotopic (exact) mass is 276 g/mol. The third-order valence-corrected chi connectivity index (χ3v) is 4.45. The Morgan fingerprint density at radius 1 is 1.25 bits per heavy atom. The summed E-state index contributed by atoms with van der Waals surface area (Å²) in [6.45, 7) is 8.00. The predicted octanol–water partition coefficient (Wildman–Crippen LogP) is 3.78. The quantitative estimate of drug-likeness (QED) is 0.908. The van der Waals surface area contributed by atoms with E-state index in [-0.39, 0.29) is 0 Å². The standard InChI is InChI=1S/C17H28N2O/c1-17(2,3)14-7-5-6-8-15(14)18-11-13-9-10-16(20-4)19-12-13/h9-10,12,14-15,18H,5-8,11H2,1-4H3. The fraction of sp³-hybridized carbons (Fsp3) is 0.706. The van der Waals surface area contributed by atoms with Crippen molar-refractivity contribution in [3.8, 4) is 5.88 Å². The van der Waals surface area contributed by atoms with Crippen LogP contribution in [0.15, 0.2) is 18.3 Å². The number of hydrogen-bond acceptors (Lipinski definition) is 3. The van der Waals surface area contributed by atoms with Crippen LogP contribution in [0.4, 0.5) is 0 Å². The van der Waals surface area contributed by atoms with Crippen molar-refractivity contribution < 1.29 is 4.74 Å². The van der Waals surface area contributed by atoms with E-state index in [1.165, 1.54) is 31.2 Å². The fourth-order valence-corrected chi connectivity index (χ4v) is 3.30. The molecule has 0 aliphatic heterocycles. The molecular formula is C17H28N2O. The van der Waals surface area contributed by atoms with E-state index in [4.69, 9.17) is 4.74 Å². The lowest BCUT2D eigenvalue weighted by atomic mass is 9.69. The Morgan fingerprint density at radius 3 is 2.60 bits per heavy atom. The molecule has 1 aliphatic rings. The number of methoxy groups -OCH3 is 1. The fourth-order valence-electron chi connectivity index (χ4n) is 3.30. The second-order valence-electron chi connectivity index (χ2n) is 6.95. The molecule has 20 heavy (non-hydrogen) atoms. The van der Waals surface area contributed by atoms with Crippen LogP contribution < -0.4 is 10.1 Å². The highest BCUT2D eigenvalue weighted by Gasteiger charge is 2.33. The highest BCUT2D eigenvalue weighted by atomic mass is 16.5. The van der Waals surface area contributed by atoms with Crippen molar-refractivity contribution in [2.24, 2.45) is 11.3 Å². The first-order chi connectivity index (χ1) is 9.50. The molecule has 0 bridgehead atoms. The topological polar surface area (TPSA) is 34.1 Å². The Balaban J connectivity index is 1.93. The average molecular weight is 276 g/mol. The van der Waals surface area contributed by atoms with Gasteiger partial charge in [0, 0.05) is 24.8 Å². The first kappa shape index (κ1) is 15.3. The van der Waals surface area contributed by atoms with E-state index >= 15 is 0 Å². The molecule has 0 saturated heterocycles. The first-order valence-corrected chi connectivity index (χ1v) is 7.73. The van der Waals surface area contributed by atoms with Gasteiger partial charge in [-0.3, -0.25) is 0 Å². The summed E-state index contributed by atoms with van der Waals surface area (Å²) < 4.78 is 5.09. The molecule has 2 atom stereocenters. The molecule has 1 heterocycles. The number of aromatic nitrogens is 1. The van der Waals surface area contributed by atoms with Crippen LogP contribution in [0.25, 0.3) is 0 Å². The van der Waals surface area contributed by atoms with Gasteiger partial charge in [0.25, 0.3) is 0 Å². The molecule has 2 unspecified atom stereocenters. The number of pyridine rings is 1. The molecule has 0 radical (unpaired) electrons. The van der Waals surface area contributed by atoms with E-state index in [0.29, 0.717) is 17.3 Å². The van der Waals surface area contributed by atoms with Crippen LogP contribution in [0.3, 0.4) is 0 Å². The zero-order valence-corrected chi connectivity index (χ0v) is 13.3. The summed E-state index contributed by atoms with van der Waals surface area (Å²) in [5, 5.41) is 3.75. The van der Waals surface area contributed by atoms with Crippen molar-refractivity contribution in [2.45, 2.75) is 59.0 Å². The molecule has 112 valence electrons. The van der Waals surface area contributed by atoms with E-state index in [0.717, 1.165) is 12.5 Å². The zero-order chi connectivity index (χ0) is 14.6. The van der Waals surface area contributed by atoms with Gasteiger partial charge in [0.2, 0.25) is 5.88 Å². The van der Waals surface area contributed by atoms with Crippen molar-refractivity contribution in [1.29, 1.82) is 0 Å². The van der Waals surface area contributed by atoms with Gasteiger partial charge >= 0.3 is 0 Å². The number of nitrogens with zero attached hydrogens (tertiary/aromatic N) is 1. The van der Waals surface area contributed by atoms with E-state index in [1.807, 2.05) is 12.3 Å². The highest BCUT2D eigenvalue weighted by molar-refractivity contribution is 5.17. The minimum absolute atomic E-state index is 0.385. The van der Waals surface area contributed by atoms with Gasteiger partial charge in [-0.15, -0.1) is 0 Å². The maximum atomic E-state index is 5.09. The van der Waals surface area contributed by atoms with Crippen molar-refractivity contribution in [1.82, 2.24) is 10.3 Å². The molecule has 0 amide bonds. The van der Waals surface area contributed by atoms with E-state index in [2.05, 4.69) is 37.1 Å². The number of rotatable bonds is 4. The van der Waals surface area contributed by atoms with Crippen LogP contribution in [0.5, 0.6) is 5.88 Å². The van der Waals surface area contributed by atoms with Gasteiger partial charge < -0.3 is 10.1 Å². The lowest BCUT2D eigenvalue weighted by molar-refractivity contribution is 0.130. The summed E-state index contributed by atoms with van der Waals surface area (Å²) >= 11 is 0. The van der Waals surface area contributed by atoms with Gasteiger partial charge in [0.05, 0.1) is 7.11 Å². The summed E-state index contributed by atoms with van der Waals surface area (Å²) in [4.78, 5) is 4.27. The highest BCUT2D eigenvalue weighted by Crippen LogP contribution is 2.38. The molecule has 1 N–H and O–H groups in total. The van der Waals surface area contributed by atoms with Crippen molar-refractivity contribution in [3.63, 3.8) is 0 Å². The summed E-state index contributed by atoms with van der Waals surface area (Å²) in [5.41, 5.74) is 1.61. The molecule has 1 aromatic heterocycles. The Bertz CT molecular complexity index is 408. The molecule has 3 nitrogen and oxygen atoms in total. The Morgan fingerprint density at radius 2 is 2.00 bits per heavy atom. The zero-order valence-electron chi connectivity index (χ0n) is 13.3. The summed E-state index contributed by atoms with van der Waals surface area (Å²) in [6, 6.07) is 4.65. The van der Waals surface area contributed by atoms with Gasteiger partial charge in [-0.1, -0.05) is 39.7 Å². The van der Waals surface area contributed by atoms with Gasteiger partial charge in [0.1, 0.15) is 0 Å². The second kappa shape index (κ2) is 6.57. The molecule has 1 aromatic rings. The average Bonchev–Trinajstić information content (AvgIpc) is 2.45. The van der Waals surface area contributed by atoms with Crippen LogP contribution in [-0.4, -0.2) is 18.1 Å². The van der Waals surface area contributed by atoms with Gasteiger partial charge in [0.15, 0.2) is 0 Å². The SMILES string of the molecule is COc1ccc(CNC2CCCCC2C(C)(C)C)cn1.